The van der Waals surface area contributed by atoms with Crippen molar-refractivity contribution in [3.05, 3.63) is 71.9 Å². The van der Waals surface area contributed by atoms with E-state index in [1.54, 1.807) is 37.3 Å². The van der Waals surface area contributed by atoms with Gasteiger partial charge in [-0.05, 0) is 25.1 Å². The van der Waals surface area contributed by atoms with Gasteiger partial charge in [0.15, 0.2) is 0 Å². The number of nitrogens with one attached hydrogen (secondary N) is 2. The van der Waals surface area contributed by atoms with E-state index in [9.17, 15) is 9.90 Å². The van der Waals surface area contributed by atoms with Crippen LogP contribution in [0.25, 0.3) is 11.3 Å². The molecule has 24 heavy (non-hydrogen) atoms. The van der Waals surface area contributed by atoms with Crippen LogP contribution in [0.2, 0.25) is 0 Å². The maximum Gasteiger partial charge on any atom is 0.289 e. The Morgan fingerprint density at radius 1 is 1.12 bits per heavy atom. The number of amides is 1. The Morgan fingerprint density at radius 3 is 2.58 bits per heavy atom. The average Bonchev–Trinajstić information content (AvgIpc) is 3.11. The van der Waals surface area contributed by atoms with Gasteiger partial charge in [-0.25, -0.2) is 5.43 Å². The zero-order chi connectivity index (χ0) is 16.9. The number of aromatic nitrogens is 2. The van der Waals surface area contributed by atoms with Crippen LogP contribution < -0.4 is 5.43 Å². The third-order valence-electron chi connectivity index (χ3n) is 3.51. The van der Waals surface area contributed by atoms with Gasteiger partial charge < -0.3 is 5.11 Å². The summed E-state index contributed by atoms with van der Waals surface area (Å²) >= 11 is 0. The first kappa shape index (κ1) is 15.5. The summed E-state index contributed by atoms with van der Waals surface area (Å²) in [7, 11) is 0. The molecular weight excluding hydrogens is 304 g/mol. The summed E-state index contributed by atoms with van der Waals surface area (Å²) in [5, 5.41) is 20.6. The van der Waals surface area contributed by atoms with Gasteiger partial charge in [0, 0.05) is 11.1 Å². The summed E-state index contributed by atoms with van der Waals surface area (Å²) in [6, 6.07) is 18.0. The Kier molecular flexibility index (Phi) is 4.38. The van der Waals surface area contributed by atoms with Crippen LogP contribution in [-0.4, -0.2) is 26.9 Å². The fourth-order valence-electron chi connectivity index (χ4n) is 2.23. The molecule has 2 aromatic carbocycles. The number of H-pyrrole nitrogens is 1. The standard InChI is InChI=1S/C18H16N4O2/c1-12(14-9-5-6-10-17(14)23)19-22-18(24)16-11-15(20-21-16)13-7-3-2-4-8-13/h2-11,23H,1H3,(H,20,21)(H,22,24)/b19-12+. The Bertz CT molecular complexity index is 885. The fourth-order valence-corrected chi connectivity index (χ4v) is 2.23. The van der Waals surface area contributed by atoms with Gasteiger partial charge in [0.1, 0.15) is 11.4 Å². The molecule has 0 aliphatic rings. The minimum absolute atomic E-state index is 0.112. The lowest BCUT2D eigenvalue weighted by Crippen LogP contribution is -2.19. The number of para-hydroxylation sites is 1. The predicted octanol–water partition coefficient (Wildman–Crippen LogP) is 2.94. The molecule has 3 aromatic rings. The van der Waals surface area contributed by atoms with Gasteiger partial charge in [-0.1, -0.05) is 42.5 Å². The topological polar surface area (TPSA) is 90.4 Å². The van der Waals surface area contributed by atoms with Gasteiger partial charge in [0.2, 0.25) is 0 Å². The molecule has 3 N–H and O–H groups in total. The summed E-state index contributed by atoms with van der Waals surface area (Å²) < 4.78 is 0. The van der Waals surface area contributed by atoms with Gasteiger partial charge in [0.25, 0.3) is 5.91 Å². The maximum atomic E-state index is 12.2. The zero-order valence-electron chi connectivity index (χ0n) is 13.0. The van der Waals surface area contributed by atoms with Crippen molar-refractivity contribution in [3.8, 4) is 17.0 Å². The fraction of sp³-hybridized carbons (Fsp3) is 0.0556. The number of carbonyl (C=O) groups is 1. The van der Waals surface area contributed by atoms with E-state index in [1.807, 2.05) is 30.3 Å². The van der Waals surface area contributed by atoms with Crippen LogP contribution in [0.4, 0.5) is 0 Å². The van der Waals surface area contributed by atoms with Crippen molar-refractivity contribution < 1.29 is 9.90 Å². The van der Waals surface area contributed by atoms with E-state index in [4.69, 9.17) is 0 Å². The molecule has 1 amide bonds. The monoisotopic (exact) mass is 320 g/mol. The SMILES string of the molecule is C/C(=N\NC(=O)c1cc(-c2ccccc2)n[nH]1)c1ccccc1O. The van der Waals surface area contributed by atoms with Crippen molar-refractivity contribution in [3.63, 3.8) is 0 Å². The Hall–Kier alpha value is -3.41. The van der Waals surface area contributed by atoms with Gasteiger partial charge in [-0.2, -0.15) is 10.2 Å². The lowest BCUT2D eigenvalue weighted by atomic mass is 10.1. The highest BCUT2D eigenvalue weighted by molar-refractivity contribution is 6.02. The second-order valence-corrected chi connectivity index (χ2v) is 5.19. The molecule has 0 spiro atoms. The molecule has 0 saturated heterocycles. The number of rotatable bonds is 4. The number of aromatic amines is 1. The molecule has 0 atom stereocenters. The van der Waals surface area contributed by atoms with Crippen molar-refractivity contribution in [1.82, 2.24) is 15.6 Å². The molecule has 6 nitrogen and oxygen atoms in total. The average molecular weight is 320 g/mol. The first-order chi connectivity index (χ1) is 11.6. The van der Waals surface area contributed by atoms with Crippen LogP contribution in [0.3, 0.4) is 0 Å². The molecule has 3 rings (SSSR count). The quantitative estimate of drug-likeness (QED) is 0.510. The molecule has 0 saturated carbocycles. The molecular formula is C18H16N4O2. The van der Waals surface area contributed by atoms with Gasteiger partial charge in [-0.15, -0.1) is 0 Å². The normalized spacial score (nSPS) is 11.3. The molecule has 0 aliphatic carbocycles. The van der Waals surface area contributed by atoms with Crippen LogP contribution in [0.15, 0.2) is 65.8 Å². The number of aromatic hydroxyl groups is 1. The highest BCUT2D eigenvalue weighted by atomic mass is 16.3. The molecule has 0 radical (unpaired) electrons. The molecule has 1 heterocycles. The van der Waals surface area contributed by atoms with Crippen molar-refractivity contribution in [1.29, 1.82) is 0 Å². The number of carbonyl (C=O) groups excluding carboxylic acids is 1. The number of phenols is 1. The molecule has 0 fully saturated rings. The molecule has 0 bridgehead atoms. The minimum Gasteiger partial charge on any atom is -0.507 e. The second-order valence-electron chi connectivity index (χ2n) is 5.19. The van der Waals surface area contributed by atoms with E-state index < -0.39 is 5.91 Å². The number of hydrogen-bond acceptors (Lipinski definition) is 4. The maximum absolute atomic E-state index is 12.2. The van der Waals surface area contributed by atoms with Crippen molar-refractivity contribution in [2.24, 2.45) is 5.10 Å². The van der Waals surface area contributed by atoms with Gasteiger partial charge >= 0.3 is 0 Å². The molecule has 0 unspecified atom stereocenters. The second kappa shape index (κ2) is 6.78. The highest BCUT2D eigenvalue weighted by Crippen LogP contribution is 2.17. The predicted molar refractivity (Wildman–Crippen MR) is 91.8 cm³/mol. The van der Waals surface area contributed by atoms with E-state index in [1.165, 1.54) is 0 Å². The first-order valence-corrected chi connectivity index (χ1v) is 7.39. The third kappa shape index (κ3) is 3.33. The van der Waals surface area contributed by atoms with E-state index in [-0.39, 0.29) is 5.75 Å². The Balaban J connectivity index is 1.73. The number of phenolic OH excluding ortho intramolecular Hbond substituents is 1. The van der Waals surface area contributed by atoms with Crippen LogP contribution in [0, 0.1) is 0 Å². The molecule has 6 heteroatoms. The largest absolute Gasteiger partial charge is 0.507 e. The lowest BCUT2D eigenvalue weighted by molar-refractivity contribution is 0.0950. The van der Waals surface area contributed by atoms with Crippen LogP contribution in [0.1, 0.15) is 23.0 Å². The molecule has 120 valence electrons. The summed E-state index contributed by atoms with van der Waals surface area (Å²) in [6.07, 6.45) is 0. The number of hydrogen-bond donors (Lipinski definition) is 3. The smallest absolute Gasteiger partial charge is 0.289 e. The summed E-state index contributed by atoms with van der Waals surface area (Å²) in [5.74, 6) is -0.291. The van der Waals surface area contributed by atoms with Crippen molar-refractivity contribution in [2.75, 3.05) is 0 Å². The number of benzene rings is 2. The molecule has 1 aromatic heterocycles. The Labute approximate surface area is 138 Å². The van der Waals surface area contributed by atoms with Crippen LogP contribution in [0.5, 0.6) is 5.75 Å². The van der Waals surface area contributed by atoms with Crippen LogP contribution in [-0.2, 0) is 0 Å². The highest BCUT2D eigenvalue weighted by Gasteiger charge is 2.11. The van der Waals surface area contributed by atoms with Crippen molar-refractivity contribution in [2.45, 2.75) is 6.92 Å². The first-order valence-electron chi connectivity index (χ1n) is 7.39. The zero-order valence-corrected chi connectivity index (χ0v) is 13.0. The lowest BCUT2D eigenvalue weighted by Gasteiger charge is -2.03. The third-order valence-corrected chi connectivity index (χ3v) is 3.51. The minimum atomic E-state index is -0.403. The Morgan fingerprint density at radius 2 is 1.83 bits per heavy atom. The number of nitrogens with zero attached hydrogens (tertiary/aromatic N) is 2. The van der Waals surface area contributed by atoms with E-state index in [0.29, 0.717) is 22.7 Å². The van der Waals surface area contributed by atoms with Gasteiger partial charge in [-0.3, -0.25) is 9.89 Å². The van der Waals surface area contributed by atoms with E-state index >= 15 is 0 Å². The van der Waals surface area contributed by atoms with Crippen LogP contribution >= 0.6 is 0 Å². The summed E-state index contributed by atoms with van der Waals surface area (Å²) in [6.45, 7) is 1.71. The van der Waals surface area contributed by atoms with Crippen molar-refractivity contribution >= 4 is 11.6 Å². The number of hydrazone groups is 1. The molecule has 0 aliphatic heterocycles. The van der Waals surface area contributed by atoms with Gasteiger partial charge in [0.05, 0.1) is 11.4 Å². The summed E-state index contributed by atoms with van der Waals surface area (Å²) in [4.78, 5) is 12.2. The summed E-state index contributed by atoms with van der Waals surface area (Å²) in [5.41, 5.74) is 5.43. The van der Waals surface area contributed by atoms with E-state index in [0.717, 1.165) is 5.56 Å². The van der Waals surface area contributed by atoms with E-state index in [2.05, 4.69) is 20.7 Å².